The predicted molar refractivity (Wildman–Crippen MR) is 85.0 cm³/mol. The van der Waals surface area contributed by atoms with E-state index in [1.165, 1.54) is 0 Å². The molecule has 4 heteroatoms. The van der Waals surface area contributed by atoms with Crippen molar-refractivity contribution >= 4 is 5.91 Å². The summed E-state index contributed by atoms with van der Waals surface area (Å²) in [5.41, 5.74) is 7.83. The van der Waals surface area contributed by atoms with Gasteiger partial charge in [-0.1, -0.05) is 57.0 Å². The average molecular weight is 285 g/mol. The molecule has 2 rings (SSSR count). The number of rotatable bonds is 7. The van der Waals surface area contributed by atoms with Crippen LogP contribution in [0.3, 0.4) is 0 Å². The van der Waals surface area contributed by atoms with Crippen molar-refractivity contribution in [1.29, 1.82) is 0 Å². The fourth-order valence-electron chi connectivity index (χ4n) is 2.55. The first-order valence-electron chi connectivity index (χ1n) is 7.62. The fraction of sp³-hybridized carbons (Fsp3) is 0.412. The lowest BCUT2D eigenvalue weighted by molar-refractivity contribution is 0.0986. The molecule has 0 bridgehead atoms. The molecule has 0 aliphatic heterocycles. The molecule has 112 valence electrons. The summed E-state index contributed by atoms with van der Waals surface area (Å²) in [6.07, 6.45) is 4.21. The summed E-state index contributed by atoms with van der Waals surface area (Å²) < 4.78 is 1.82. The van der Waals surface area contributed by atoms with E-state index in [1.807, 2.05) is 35.0 Å². The lowest BCUT2D eigenvalue weighted by Crippen LogP contribution is -2.21. The zero-order valence-electron chi connectivity index (χ0n) is 12.7. The van der Waals surface area contributed by atoms with Crippen LogP contribution < -0.4 is 5.73 Å². The molecule has 0 aliphatic rings. The van der Waals surface area contributed by atoms with E-state index in [2.05, 4.69) is 18.9 Å². The maximum absolute atomic E-state index is 11.7. The Kier molecular flexibility index (Phi) is 5.14. The number of nitrogens with two attached hydrogens (primary N) is 1. The Morgan fingerprint density at radius 1 is 1.29 bits per heavy atom. The number of amides is 1. The first kappa shape index (κ1) is 15.3. The van der Waals surface area contributed by atoms with Crippen LogP contribution in [0.4, 0.5) is 0 Å². The number of carbonyl (C=O) groups is 1. The highest BCUT2D eigenvalue weighted by Gasteiger charge is 2.19. The van der Waals surface area contributed by atoms with Crippen molar-refractivity contribution in [1.82, 2.24) is 9.78 Å². The minimum Gasteiger partial charge on any atom is -0.364 e. The zero-order chi connectivity index (χ0) is 15.2. The molecule has 1 atom stereocenters. The second-order valence-electron chi connectivity index (χ2n) is 5.29. The molecular weight excluding hydrogens is 262 g/mol. The third-order valence-corrected chi connectivity index (χ3v) is 3.77. The van der Waals surface area contributed by atoms with E-state index in [1.54, 1.807) is 6.07 Å². The molecule has 4 nitrogen and oxygen atoms in total. The topological polar surface area (TPSA) is 60.9 Å². The van der Waals surface area contributed by atoms with Gasteiger partial charge in [-0.05, 0) is 18.9 Å². The Morgan fingerprint density at radius 2 is 2.00 bits per heavy atom. The third kappa shape index (κ3) is 3.51. The van der Waals surface area contributed by atoms with Crippen LogP contribution in [0.1, 0.15) is 56.1 Å². The minimum absolute atomic E-state index is 0.227. The van der Waals surface area contributed by atoms with Crippen molar-refractivity contribution in [3.8, 4) is 11.3 Å². The van der Waals surface area contributed by atoms with Crippen molar-refractivity contribution in [3.05, 3.63) is 42.1 Å². The second kappa shape index (κ2) is 7.07. The van der Waals surface area contributed by atoms with Crippen LogP contribution in [0, 0.1) is 0 Å². The monoisotopic (exact) mass is 285 g/mol. The summed E-state index contributed by atoms with van der Waals surface area (Å²) in [6.45, 7) is 4.29. The molecule has 1 aromatic heterocycles. The maximum atomic E-state index is 11.7. The fourth-order valence-corrected chi connectivity index (χ4v) is 2.55. The smallest absolute Gasteiger partial charge is 0.267 e. The Bertz CT molecular complexity index is 589. The van der Waals surface area contributed by atoms with Gasteiger partial charge in [-0.15, -0.1) is 0 Å². The number of primary amides is 1. The van der Waals surface area contributed by atoms with Gasteiger partial charge in [0, 0.05) is 5.56 Å². The van der Waals surface area contributed by atoms with E-state index in [0.717, 1.165) is 36.9 Å². The van der Waals surface area contributed by atoms with Gasteiger partial charge in [0.15, 0.2) is 0 Å². The SMILES string of the molecule is CCCCC(CC)n1nc(-c2ccccc2)cc1C(N)=O. The maximum Gasteiger partial charge on any atom is 0.267 e. The molecule has 21 heavy (non-hydrogen) atoms. The molecule has 0 aliphatic carbocycles. The summed E-state index contributed by atoms with van der Waals surface area (Å²) in [4.78, 5) is 11.7. The molecule has 1 heterocycles. The molecule has 1 amide bonds. The Labute approximate surface area is 126 Å². The van der Waals surface area contributed by atoms with Gasteiger partial charge in [-0.25, -0.2) is 0 Å². The molecule has 0 radical (unpaired) electrons. The largest absolute Gasteiger partial charge is 0.364 e. The number of benzene rings is 1. The first-order chi connectivity index (χ1) is 10.2. The highest BCUT2D eigenvalue weighted by Crippen LogP contribution is 2.25. The minimum atomic E-state index is -0.417. The summed E-state index contributed by atoms with van der Waals surface area (Å²) in [7, 11) is 0. The summed E-state index contributed by atoms with van der Waals surface area (Å²) in [6, 6.07) is 11.9. The number of aromatic nitrogens is 2. The van der Waals surface area contributed by atoms with Gasteiger partial charge in [0.25, 0.3) is 5.91 Å². The van der Waals surface area contributed by atoms with Crippen molar-refractivity contribution in [2.45, 2.75) is 45.6 Å². The van der Waals surface area contributed by atoms with Crippen LogP contribution in [-0.4, -0.2) is 15.7 Å². The Hall–Kier alpha value is -2.10. The number of hydrogen-bond acceptors (Lipinski definition) is 2. The number of hydrogen-bond donors (Lipinski definition) is 1. The molecule has 2 aromatic rings. The lowest BCUT2D eigenvalue weighted by atomic mass is 10.1. The van der Waals surface area contributed by atoms with Gasteiger partial charge in [0.05, 0.1) is 11.7 Å². The third-order valence-electron chi connectivity index (χ3n) is 3.77. The van der Waals surface area contributed by atoms with Crippen molar-refractivity contribution in [3.63, 3.8) is 0 Å². The lowest BCUT2D eigenvalue weighted by Gasteiger charge is -2.17. The van der Waals surface area contributed by atoms with Gasteiger partial charge in [-0.3, -0.25) is 9.48 Å². The van der Waals surface area contributed by atoms with Crippen LogP contribution >= 0.6 is 0 Å². The second-order valence-corrected chi connectivity index (χ2v) is 5.29. The number of carbonyl (C=O) groups excluding carboxylic acids is 1. The van der Waals surface area contributed by atoms with Crippen LogP contribution in [0.25, 0.3) is 11.3 Å². The highest BCUT2D eigenvalue weighted by molar-refractivity contribution is 5.92. The van der Waals surface area contributed by atoms with Crippen molar-refractivity contribution < 1.29 is 4.79 Å². The van der Waals surface area contributed by atoms with Crippen molar-refractivity contribution in [2.75, 3.05) is 0 Å². The standard InChI is InChI=1S/C17H23N3O/c1-3-5-11-14(4-2)20-16(17(18)21)12-15(19-20)13-9-7-6-8-10-13/h6-10,12,14H,3-5,11H2,1-2H3,(H2,18,21). The molecule has 2 N–H and O–H groups in total. The summed E-state index contributed by atoms with van der Waals surface area (Å²) in [5.74, 6) is -0.417. The Balaban J connectivity index is 2.39. The zero-order valence-corrected chi connectivity index (χ0v) is 12.7. The van der Waals surface area contributed by atoms with E-state index in [9.17, 15) is 4.79 Å². The van der Waals surface area contributed by atoms with Gasteiger partial charge in [0.2, 0.25) is 0 Å². The molecule has 0 spiro atoms. The van der Waals surface area contributed by atoms with Crippen LogP contribution in [0.15, 0.2) is 36.4 Å². The first-order valence-corrected chi connectivity index (χ1v) is 7.62. The Morgan fingerprint density at radius 3 is 2.57 bits per heavy atom. The van der Waals surface area contributed by atoms with Crippen molar-refractivity contribution in [2.24, 2.45) is 5.73 Å². The van der Waals surface area contributed by atoms with Gasteiger partial charge >= 0.3 is 0 Å². The van der Waals surface area contributed by atoms with E-state index in [-0.39, 0.29) is 6.04 Å². The summed E-state index contributed by atoms with van der Waals surface area (Å²) in [5, 5.41) is 4.64. The number of nitrogens with zero attached hydrogens (tertiary/aromatic N) is 2. The van der Waals surface area contributed by atoms with E-state index < -0.39 is 5.91 Å². The predicted octanol–water partition coefficient (Wildman–Crippen LogP) is 3.79. The van der Waals surface area contributed by atoms with Crippen LogP contribution in [-0.2, 0) is 0 Å². The number of unbranched alkanes of at least 4 members (excludes halogenated alkanes) is 1. The van der Waals surface area contributed by atoms with Crippen LogP contribution in [0.2, 0.25) is 0 Å². The molecule has 1 aromatic carbocycles. The normalized spacial score (nSPS) is 12.3. The average Bonchev–Trinajstić information content (AvgIpc) is 2.94. The van der Waals surface area contributed by atoms with Crippen LogP contribution in [0.5, 0.6) is 0 Å². The van der Waals surface area contributed by atoms with E-state index in [4.69, 9.17) is 5.73 Å². The van der Waals surface area contributed by atoms with E-state index >= 15 is 0 Å². The van der Waals surface area contributed by atoms with Gasteiger partial charge < -0.3 is 5.73 Å². The molecule has 0 saturated heterocycles. The molecule has 0 saturated carbocycles. The quantitative estimate of drug-likeness (QED) is 0.841. The van der Waals surface area contributed by atoms with Gasteiger partial charge in [-0.2, -0.15) is 5.10 Å². The molecule has 0 fully saturated rings. The van der Waals surface area contributed by atoms with Gasteiger partial charge in [0.1, 0.15) is 5.69 Å². The van der Waals surface area contributed by atoms with E-state index in [0.29, 0.717) is 5.69 Å². The highest BCUT2D eigenvalue weighted by atomic mass is 16.1. The molecular formula is C17H23N3O. The summed E-state index contributed by atoms with van der Waals surface area (Å²) >= 11 is 0. The molecule has 1 unspecified atom stereocenters.